The molecule has 3 heteroatoms. The average Bonchev–Trinajstić information content (AvgIpc) is 2.29. The third kappa shape index (κ3) is 3.24. The highest BCUT2D eigenvalue weighted by atomic mass is 16.3. The van der Waals surface area contributed by atoms with Crippen LogP contribution in [0.25, 0.3) is 0 Å². The summed E-state index contributed by atoms with van der Waals surface area (Å²) in [5.74, 6) is 0.626. The van der Waals surface area contributed by atoms with E-state index in [9.17, 15) is 5.11 Å². The Labute approximate surface area is 103 Å². The molecule has 0 spiro atoms. The molecule has 3 N–H and O–H groups in total. The number of hydrogen-bond acceptors (Lipinski definition) is 3. The molecule has 0 aliphatic carbocycles. The summed E-state index contributed by atoms with van der Waals surface area (Å²) in [6.45, 7) is 6.59. The van der Waals surface area contributed by atoms with Crippen molar-refractivity contribution in [2.75, 3.05) is 18.8 Å². The normalized spacial score (nSPS) is 18.1. The number of benzene rings is 1. The Morgan fingerprint density at radius 3 is 2.71 bits per heavy atom. The van der Waals surface area contributed by atoms with Gasteiger partial charge in [0.2, 0.25) is 0 Å². The van der Waals surface area contributed by atoms with Crippen molar-refractivity contribution in [1.29, 1.82) is 0 Å². The third-order valence-electron chi connectivity index (χ3n) is 3.42. The van der Waals surface area contributed by atoms with E-state index in [0.717, 1.165) is 38.2 Å². The summed E-state index contributed by atoms with van der Waals surface area (Å²) in [4.78, 5) is 2.40. The lowest BCUT2D eigenvalue weighted by atomic mass is 9.95. The van der Waals surface area contributed by atoms with Gasteiger partial charge in [0.1, 0.15) is 0 Å². The first-order valence-corrected chi connectivity index (χ1v) is 6.09. The number of nitrogens with two attached hydrogens (primary N) is 1. The quantitative estimate of drug-likeness (QED) is 0.622. The van der Waals surface area contributed by atoms with Crippen molar-refractivity contribution in [3.05, 3.63) is 42.2 Å². The number of hydrogen-bond donors (Lipinski definition) is 2. The first-order chi connectivity index (χ1) is 8.15. The molecular weight excluding hydrogens is 212 g/mol. The summed E-state index contributed by atoms with van der Waals surface area (Å²) in [5.41, 5.74) is 7.84. The number of nitrogen functional groups attached to an aromatic ring is 1. The maximum Gasteiger partial charge on any atom is 0.0882 e. The Balaban J connectivity index is 1.88. The molecule has 3 nitrogen and oxygen atoms in total. The fourth-order valence-corrected chi connectivity index (χ4v) is 2.37. The predicted octanol–water partition coefficient (Wildman–Crippen LogP) is 2.55. The Bertz CT molecular complexity index is 395. The Hall–Kier alpha value is -1.48. The van der Waals surface area contributed by atoms with Crippen molar-refractivity contribution in [2.24, 2.45) is 5.92 Å². The van der Waals surface area contributed by atoms with Crippen molar-refractivity contribution in [3.63, 3.8) is 0 Å². The van der Waals surface area contributed by atoms with Crippen LogP contribution in [0.1, 0.15) is 18.4 Å². The van der Waals surface area contributed by atoms with Crippen LogP contribution >= 0.6 is 0 Å². The van der Waals surface area contributed by atoms with E-state index in [2.05, 4.69) is 17.5 Å². The monoisotopic (exact) mass is 232 g/mol. The van der Waals surface area contributed by atoms with Crippen LogP contribution < -0.4 is 5.73 Å². The Kier molecular flexibility index (Phi) is 3.69. The number of aliphatic hydroxyl groups excluding tert-OH is 1. The molecule has 1 aliphatic heterocycles. The predicted molar refractivity (Wildman–Crippen MR) is 70.6 cm³/mol. The van der Waals surface area contributed by atoms with Gasteiger partial charge in [-0.1, -0.05) is 18.7 Å². The summed E-state index contributed by atoms with van der Waals surface area (Å²) < 4.78 is 0. The molecule has 1 aromatic carbocycles. The van der Waals surface area contributed by atoms with Crippen LogP contribution in [0.5, 0.6) is 0 Å². The Morgan fingerprint density at radius 1 is 1.41 bits per heavy atom. The number of likely N-dealkylation sites (tertiary alicyclic amines) is 1. The van der Waals surface area contributed by atoms with Gasteiger partial charge < -0.3 is 10.8 Å². The summed E-state index contributed by atoms with van der Waals surface area (Å²) >= 11 is 0. The van der Waals surface area contributed by atoms with Crippen LogP contribution in [0, 0.1) is 5.92 Å². The zero-order chi connectivity index (χ0) is 12.3. The topological polar surface area (TPSA) is 49.5 Å². The van der Waals surface area contributed by atoms with Crippen LogP contribution in [-0.2, 0) is 6.54 Å². The minimum atomic E-state index is 0.284. The fourth-order valence-electron chi connectivity index (χ4n) is 2.37. The molecule has 0 amide bonds. The lowest BCUT2D eigenvalue weighted by molar-refractivity contribution is 0.166. The van der Waals surface area contributed by atoms with Gasteiger partial charge in [-0.25, -0.2) is 0 Å². The van der Waals surface area contributed by atoms with E-state index < -0.39 is 0 Å². The molecular formula is C14H20N2O. The maximum absolute atomic E-state index is 9.36. The minimum absolute atomic E-state index is 0.284. The van der Waals surface area contributed by atoms with Crippen LogP contribution in [0.15, 0.2) is 36.6 Å². The van der Waals surface area contributed by atoms with Gasteiger partial charge in [0.25, 0.3) is 0 Å². The van der Waals surface area contributed by atoms with Gasteiger partial charge in [-0.2, -0.15) is 0 Å². The highest BCUT2D eigenvalue weighted by Crippen LogP contribution is 2.23. The number of aliphatic hydroxyl groups is 1. The molecule has 92 valence electrons. The molecule has 0 bridgehead atoms. The van der Waals surface area contributed by atoms with E-state index in [0.29, 0.717) is 5.76 Å². The molecule has 0 radical (unpaired) electrons. The van der Waals surface area contributed by atoms with Gasteiger partial charge in [0.05, 0.1) is 5.76 Å². The molecule has 1 aromatic rings. The van der Waals surface area contributed by atoms with Gasteiger partial charge >= 0.3 is 0 Å². The van der Waals surface area contributed by atoms with E-state index in [-0.39, 0.29) is 5.92 Å². The standard InChI is InChI=1S/C14H20N2O/c1-11(17)13-5-7-16(8-6-13)10-12-3-2-4-14(15)9-12/h2-4,9,13,17H,1,5-8,10,15H2. The number of allylic oxidation sites excluding steroid dienone is 1. The van der Waals surface area contributed by atoms with Gasteiger partial charge in [-0.05, 0) is 43.6 Å². The van der Waals surface area contributed by atoms with Crippen LogP contribution in [0.2, 0.25) is 0 Å². The zero-order valence-corrected chi connectivity index (χ0v) is 10.1. The lowest BCUT2D eigenvalue weighted by Gasteiger charge is -2.31. The molecule has 0 saturated carbocycles. The van der Waals surface area contributed by atoms with E-state index in [1.807, 2.05) is 18.2 Å². The zero-order valence-electron chi connectivity index (χ0n) is 10.1. The maximum atomic E-state index is 9.36. The molecule has 0 unspecified atom stereocenters. The van der Waals surface area contributed by atoms with E-state index in [1.54, 1.807) is 0 Å². The smallest absolute Gasteiger partial charge is 0.0882 e. The molecule has 0 atom stereocenters. The SMILES string of the molecule is C=C(O)C1CCN(Cc2cccc(N)c2)CC1. The lowest BCUT2D eigenvalue weighted by Crippen LogP contribution is -2.33. The largest absolute Gasteiger partial charge is 0.513 e. The molecule has 1 fully saturated rings. The average molecular weight is 232 g/mol. The van der Waals surface area contributed by atoms with Gasteiger partial charge in [-0.3, -0.25) is 4.90 Å². The highest BCUT2D eigenvalue weighted by Gasteiger charge is 2.20. The van der Waals surface area contributed by atoms with Crippen molar-refractivity contribution < 1.29 is 5.11 Å². The molecule has 1 heterocycles. The number of piperidine rings is 1. The van der Waals surface area contributed by atoms with Gasteiger partial charge in [0.15, 0.2) is 0 Å². The van der Waals surface area contributed by atoms with Crippen LogP contribution in [0.3, 0.4) is 0 Å². The van der Waals surface area contributed by atoms with Crippen molar-refractivity contribution in [3.8, 4) is 0 Å². The van der Waals surface area contributed by atoms with Crippen molar-refractivity contribution >= 4 is 5.69 Å². The molecule has 1 saturated heterocycles. The summed E-state index contributed by atoms with van der Waals surface area (Å²) in [7, 11) is 0. The first kappa shape index (κ1) is 12.0. The second kappa shape index (κ2) is 5.23. The Morgan fingerprint density at radius 2 is 2.12 bits per heavy atom. The second-order valence-corrected chi connectivity index (χ2v) is 4.79. The van der Waals surface area contributed by atoms with Crippen molar-refractivity contribution in [1.82, 2.24) is 4.90 Å². The fraction of sp³-hybridized carbons (Fsp3) is 0.429. The van der Waals surface area contributed by atoms with Crippen LogP contribution in [-0.4, -0.2) is 23.1 Å². The molecule has 1 aliphatic rings. The van der Waals surface area contributed by atoms with E-state index in [1.165, 1.54) is 5.56 Å². The second-order valence-electron chi connectivity index (χ2n) is 4.79. The van der Waals surface area contributed by atoms with E-state index in [4.69, 9.17) is 5.73 Å². The first-order valence-electron chi connectivity index (χ1n) is 6.09. The summed E-state index contributed by atoms with van der Waals surface area (Å²) in [6, 6.07) is 8.03. The molecule has 2 rings (SSSR count). The van der Waals surface area contributed by atoms with Gasteiger partial charge in [0, 0.05) is 18.2 Å². The minimum Gasteiger partial charge on any atom is -0.513 e. The molecule has 0 aromatic heterocycles. The number of anilines is 1. The van der Waals surface area contributed by atoms with Crippen LogP contribution in [0.4, 0.5) is 5.69 Å². The van der Waals surface area contributed by atoms with Crippen molar-refractivity contribution in [2.45, 2.75) is 19.4 Å². The molecule has 17 heavy (non-hydrogen) atoms. The summed E-state index contributed by atoms with van der Waals surface area (Å²) in [5, 5.41) is 9.36. The number of nitrogens with zero attached hydrogens (tertiary/aromatic N) is 1. The van der Waals surface area contributed by atoms with E-state index >= 15 is 0 Å². The highest BCUT2D eigenvalue weighted by molar-refractivity contribution is 5.40. The summed E-state index contributed by atoms with van der Waals surface area (Å²) in [6.07, 6.45) is 2.00. The third-order valence-corrected chi connectivity index (χ3v) is 3.42. The number of rotatable bonds is 3. The van der Waals surface area contributed by atoms with Gasteiger partial charge in [-0.15, -0.1) is 0 Å².